The molecule has 0 bridgehead atoms. The molecule has 1 aromatic carbocycles. The van der Waals surface area contributed by atoms with Crippen molar-refractivity contribution in [3.63, 3.8) is 0 Å². The lowest BCUT2D eigenvalue weighted by Crippen LogP contribution is -2.56. The molecular formula is C14H15Cl3N3O3S-. The highest BCUT2D eigenvalue weighted by atomic mass is 35.6. The van der Waals surface area contributed by atoms with Gasteiger partial charge in [0.15, 0.2) is 5.11 Å². The van der Waals surface area contributed by atoms with Gasteiger partial charge in [-0.15, -0.1) is 0 Å². The lowest BCUT2D eigenvalue weighted by molar-refractivity contribution is -0.255. The highest BCUT2D eigenvalue weighted by Crippen LogP contribution is 2.29. The van der Waals surface area contributed by atoms with E-state index >= 15 is 0 Å². The Morgan fingerprint density at radius 1 is 1.21 bits per heavy atom. The smallest absolute Gasteiger partial charge is 0.228 e. The van der Waals surface area contributed by atoms with E-state index in [4.69, 9.17) is 47.0 Å². The van der Waals surface area contributed by atoms with E-state index in [1.54, 1.807) is 0 Å². The Labute approximate surface area is 159 Å². The fourth-order valence-corrected chi connectivity index (χ4v) is 2.21. The number of carboxylic acid groups (broad SMARTS) is 1. The van der Waals surface area contributed by atoms with Gasteiger partial charge in [0.05, 0.1) is 5.97 Å². The first-order valence-electron chi connectivity index (χ1n) is 6.88. The van der Waals surface area contributed by atoms with E-state index in [0.717, 1.165) is 0 Å². The molecule has 0 saturated carbocycles. The van der Waals surface area contributed by atoms with Crippen LogP contribution in [0.2, 0.25) is 0 Å². The van der Waals surface area contributed by atoms with Crippen LogP contribution in [0.4, 0.5) is 5.69 Å². The minimum absolute atomic E-state index is 0.0328. The van der Waals surface area contributed by atoms with Crippen LogP contribution in [-0.2, 0) is 4.79 Å². The van der Waals surface area contributed by atoms with E-state index in [-0.39, 0.29) is 23.0 Å². The molecule has 10 heteroatoms. The number of carbonyl (C=O) groups excluding carboxylic acids is 2. The summed E-state index contributed by atoms with van der Waals surface area (Å²) in [6.07, 6.45) is -0.112. The molecule has 0 unspecified atom stereocenters. The minimum Gasteiger partial charge on any atom is -0.545 e. The van der Waals surface area contributed by atoms with Crippen LogP contribution in [0.5, 0.6) is 0 Å². The first kappa shape index (κ1) is 20.8. The maximum absolute atomic E-state index is 11.7. The number of carbonyl (C=O) groups is 2. The quantitative estimate of drug-likeness (QED) is 0.376. The second-order valence-electron chi connectivity index (χ2n) is 4.76. The summed E-state index contributed by atoms with van der Waals surface area (Å²) >= 11 is 22.6. The number of benzene rings is 1. The molecule has 0 aliphatic carbocycles. The number of nitrogens with one attached hydrogen (secondary N) is 3. The molecule has 0 saturated heterocycles. The molecule has 0 spiro atoms. The van der Waals surface area contributed by atoms with Crippen LogP contribution < -0.4 is 21.1 Å². The van der Waals surface area contributed by atoms with Gasteiger partial charge in [0, 0.05) is 12.1 Å². The molecule has 0 aliphatic rings. The molecule has 132 valence electrons. The molecule has 0 aliphatic heterocycles. The van der Waals surface area contributed by atoms with E-state index in [1.807, 2.05) is 6.92 Å². The van der Waals surface area contributed by atoms with Crippen LogP contribution in [0.3, 0.4) is 0 Å². The van der Waals surface area contributed by atoms with Gasteiger partial charge in [-0.3, -0.25) is 4.79 Å². The van der Waals surface area contributed by atoms with Crippen LogP contribution >= 0.6 is 47.0 Å². The summed E-state index contributed by atoms with van der Waals surface area (Å²) in [4.78, 5) is 22.4. The van der Waals surface area contributed by atoms with Crippen molar-refractivity contribution in [3.05, 3.63) is 29.8 Å². The largest absolute Gasteiger partial charge is 0.545 e. The number of hydrogen-bond donors (Lipinski definition) is 3. The van der Waals surface area contributed by atoms with Crippen molar-refractivity contribution in [1.29, 1.82) is 0 Å². The lowest BCUT2D eigenvalue weighted by atomic mass is 10.2. The summed E-state index contributed by atoms with van der Waals surface area (Å²) in [5.41, 5.74) is 0.547. The fourth-order valence-electron chi connectivity index (χ4n) is 1.65. The lowest BCUT2D eigenvalue weighted by Gasteiger charge is -2.27. The van der Waals surface area contributed by atoms with Gasteiger partial charge in [0.25, 0.3) is 0 Å². The van der Waals surface area contributed by atoms with E-state index in [2.05, 4.69) is 16.0 Å². The number of thiocarbonyl (C=S) groups is 1. The Morgan fingerprint density at radius 3 is 2.25 bits per heavy atom. The third-order valence-corrected chi connectivity index (χ3v) is 3.64. The first-order chi connectivity index (χ1) is 11.1. The summed E-state index contributed by atoms with van der Waals surface area (Å²) in [5, 5.41) is 18.8. The number of amides is 1. The number of carboxylic acids is 1. The van der Waals surface area contributed by atoms with Gasteiger partial charge in [0.1, 0.15) is 6.17 Å². The minimum atomic E-state index is -1.83. The molecule has 1 aromatic rings. The number of hydrogen-bond acceptors (Lipinski definition) is 4. The van der Waals surface area contributed by atoms with E-state index in [0.29, 0.717) is 12.1 Å². The Morgan fingerprint density at radius 2 is 1.79 bits per heavy atom. The van der Waals surface area contributed by atoms with Gasteiger partial charge in [-0.1, -0.05) is 53.9 Å². The van der Waals surface area contributed by atoms with Crippen molar-refractivity contribution in [3.8, 4) is 0 Å². The first-order valence-corrected chi connectivity index (χ1v) is 8.42. The molecule has 0 fully saturated rings. The third kappa shape index (κ3) is 7.09. The van der Waals surface area contributed by atoms with Gasteiger partial charge in [-0.25, -0.2) is 0 Å². The Balaban J connectivity index is 2.70. The maximum atomic E-state index is 11.7. The van der Waals surface area contributed by atoms with Gasteiger partial charge < -0.3 is 25.9 Å². The topological polar surface area (TPSA) is 93.3 Å². The fraction of sp³-hybridized carbons (Fsp3) is 0.357. The number of anilines is 1. The number of halogens is 3. The predicted octanol–water partition coefficient (Wildman–Crippen LogP) is 1.95. The van der Waals surface area contributed by atoms with E-state index in [1.165, 1.54) is 24.3 Å². The van der Waals surface area contributed by atoms with Crippen molar-refractivity contribution in [2.75, 3.05) is 5.32 Å². The zero-order chi connectivity index (χ0) is 18.3. The average molecular weight is 412 g/mol. The van der Waals surface area contributed by atoms with Crippen LogP contribution in [-0.4, -0.2) is 26.9 Å². The standard InChI is InChI=1S/C14H16Cl3N3O3S/c1-2-3-10(21)19-12(14(15,16)17)20-13(24)18-9-6-4-8(5-7-9)11(22)23/h4-7,12H,2-3H2,1H3,(H,19,21)(H,22,23)(H2,18,20,24)/p-1/t12-/m1/s1. The highest BCUT2D eigenvalue weighted by molar-refractivity contribution is 7.80. The zero-order valence-electron chi connectivity index (χ0n) is 12.6. The normalized spacial score (nSPS) is 12.2. The van der Waals surface area contributed by atoms with Gasteiger partial charge in [-0.05, 0) is 36.3 Å². The van der Waals surface area contributed by atoms with Crippen molar-refractivity contribution in [2.45, 2.75) is 29.7 Å². The molecule has 6 nitrogen and oxygen atoms in total. The molecule has 0 aromatic heterocycles. The Bertz CT molecular complexity index is 606. The van der Waals surface area contributed by atoms with Crippen molar-refractivity contribution in [1.82, 2.24) is 10.6 Å². The monoisotopic (exact) mass is 410 g/mol. The van der Waals surface area contributed by atoms with Crippen LogP contribution in [0, 0.1) is 0 Å². The molecule has 1 rings (SSSR count). The molecule has 24 heavy (non-hydrogen) atoms. The molecule has 0 heterocycles. The number of alkyl halides is 3. The van der Waals surface area contributed by atoms with Crippen molar-refractivity contribution >= 4 is 69.7 Å². The predicted molar refractivity (Wildman–Crippen MR) is 97.3 cm³/mol. The maximum Gasteiger partial charge on any atom is 0.228 e. The average Bonchev–Trinajstić information content (AvgIpc) is 2.46. The summed E-state index contributed by atoms with van der Waals surface area (Å²) in [6.45, 7) is 1.85. The molecule has 1 atom stereocenters. The summed E-state index contributed by atoms with van der Waals surface area (Å²) in [7, 11) is 0. The van der Waals surface area contributed by atoms with E-state index < -0.39 is 15.9 Å². The van der Waals surface area contributed by atoms with Crippen molar-refractivity contribution in [2.24, 2.45) is 0 Å². The van der Waals surface area contributed by atoms with Crippen molar-refractivity contribution < 1.29 is 14.7 Å². The van der Waals surface area contributed by atoms with Gasteiger partial charge in [-0.2, -0.15) is 0 Å². The second kappa shape index (κ2) is 9.27. The second-order valence-corrected chi connectivity index (χ2v) is 7.53. The van der Waals surface area contributed by atoms with Crippen LogP contribution in [0.25, 0.3) is 0 Å². The molecule has 1 amide bonds. The summed E-state index contributed by atoms with van der Waals surface area (Å²) in [5.74, 6) is -1.57. The zero-order valence-corrected chi connectivity index (χ0v) is 15.7. The van der Waals surface area contributed by atoms with E-state index in [9.17, 15) is 14.7 Å². The number of rotatable bonds is 6. The van der Waals surface area contributed by atoms with Crippen LogP contribution in [0.1, 0.15) is 30.1 Å². The molecular weight excluding hydrogens is 397 g/mol. The number of aromatic carboxylic acids is 1. The highest BCUT2D eigenvalue weighted by Gasteiger charge is 2.34. The van der Waals surface area contributed by atoms with Crippen LogP contribution in [0.15, 0.2) is 24.3 Å². The summed E-state index contributed by atoms with van der Waals surface area (Å²) in [6, 6.07) is 5.71. The summed E-state index contributed by atoms with van der Waals surface area (Å²) < 4.78 is -1.83. The molecule has 3 N–H and O–H groups in total. The Hall–Kier alpha value is -1.28. The molecule has 0 radical (unpaired) electrons. The SMILES string of the molecule is CCCC(=O)N[C@H](NC(=S)Nc1ccc(C(=O)[O-])cc1)C(Cl)(Cl)Cl. The van der Waals surface area contributed by atoms with Gasteiger partial charge >= 0.3 is 0 Å². The van der Waals surface area contributed by atoms with Gasteiger partial charge in [0.2, 0.25) is 9.70 Å². The third-order valence-electron chi connectivity index (χ3n) is 2.76. The Kier molecular flexibility index (Phi) is 8.02.